The maximum Gasteiger partial charge on any atom is 0.224 e. The molecule has 0 fully saturated rings. The molecule has 1 aliphatic heterocycles. The van der Waals surface area contributed by atoms with Crippen LogP contribution < -0.4 is 5.32 Å². The Morgan fingerprint density at radius 1 is 1.48 bits per heavy atom. The van der Waals surface area contributed by atoms with Crippen molar-refractivity contribution >= 4 is 61.7 Å². The van der Waals surface area contributed by atoms with Crippen molar-refractivity contribution in [2.45, 2.75) is 25.7 Å². The summed E-state index contributed by atoms with van der Waals surface area (Å²) in [5.74, 6) is -0.0404. The van der Waals surface area contributed by atoms with E-state index in [2.05, 4.69) is 21.2 Å². The van der Waals surface area contributed by atoms with Crippen LogP contribution in [0.15, 0.2) is 10.5 Å². The number of hydrogen-bond acceptors (Lipinski definition) is 2. The van der Waals surface area contributed by atoms with Gasteiger partial charge in [-0.3, -0.25) is 4.79 Å². The molecule has 0 aliphatic carbocycles. The second-order valence-electron chi connectivity index (χ2n) is 5.88. The summed E-state index contributed by atoms with van der Waals surface area (Å²) in [6, 6.07) is 1.75. The molecule has 4 nitrogen and oxygen atoms in total. The zero-order valence-corrected chi connectivity index (χ0v) is 15.8. The summed E-state index contributed by atoms with van der Waals surface area (Å²) in [5, 5.41) is 4.70. The zero-order chi connectivity index (χ0) is 16.9. The van der Waals surface area contributed by atoms with Crippen LogP contribution in [-0.2, 0) is 23.1 Å². The molecule has 1 atom stereocenters. The molecule has 2 heterocycles. The van der Waals surface area contributed by atoms with Crippen LogP contribution in [0.1, 0.15) is 30.5 Å². The fourth-order valence-electron chi connectivity index (χ4n) is 3.41. The lowest BCUT2D eigenvalue weighted by molar-refractivity contribution is -0.121. The van der Waals surface area contributed by atoms with Gasteiger partial charge in [-0.2, -0.15) is 0 Å². The second kappa shape index (κ2) is 6.11. The van der Waals surface area contributed by atoms with Crippen molar-refractivity contribution < 1.29 is 9.59 Å². The van der Waals surface area contributed by atoms with Crippen molar-refractivity contribution in [3.05, 3.63) is 31.8 Å². The molecular formula is C16H15BrCl2N2O2. The number of benzene rings is 1. The molecule has 23 heavy (non-hydrogen) atoms. The summed E-state index contributed by atoms with van der Waals surface area (Å²) in [6.07, 6.45) is 0.637. The maximum absolute atomic E-state index is 12.1. The molecule has 1 amide bonds. The molecule has 122 valence electrons. The fourth-order valence-corrected chi connectivity index (χ4v) is 4.67. The molecule has 1 aromatic carbocycles. The van der Waals surface area contributed by atoms with Crippen molar-refractivity contribution in [1.82, 2.24) is 9.88 Å². The quantitative estimate of drug-likeness (QED) is 0.751. The smallest absolute Gasteiger partial charge is 0.224 e. The highest BCUT2D eigenvalue weighted by Crippen LogP contribution is 2.43. The molecule has 0 saturated carbocycles. The van der Waals surface area contributed by atoms with Gasteiger partial charge in [-0.25, -0.2) is 0 Å². The third kappa shape index (κ3) is 2.79. The SMILES string of the molecule is CC(=O)CC1CNC(=O)Cc2c1n(C)c1c(Cl)c(Cl)cc(Br)c21. The highest BCUT2D eigenvalue weighted by atomic mass is 79.9. The Morgan fingerprint density at radius 2 is 2.17 bits per heavy atom. The first-order valence-electron chi connectivity index (χ1n) is 7.22. The Labute approximate surface area is 152 Å². The number of rotatable bonds is 2. The van der Waals surface area contributed by atoms with Crippen LogP contribution in [0.25, 0.3) is 10.9 Å². The van der Waals surface area contributed by atoms with Crippen molar-refractivity contribution in [2.24, 2.45) is 7.05 Å². The fraction of sp³-hybridized carbons (Fsp3) is 0.375. The molecule has 2 aromatic rings. The summed E-state index contributed by atoms with van der Waals surface area (Å²) < 4.78 is 2.77. The molecule has 3 rings (SSSR count). The van der Waals surface area contributed by atoms with Gasteiger partial charge in [0, 0.05) is 41.5 Å². The zero-order valence-electron chi connectivity index (χ0n) is 12.7. The van der Waals surface area contributed by atoms with E-state index in [1.54, 1.807) is 13.0 Å². The number of fused-ring (bicyclic) bond motifs is 3. The van der Waals surface area contributed by atoms with E-state index >= 15 is 0 Å². The first-order valence-corrected chi connectivity index (χ1v) is 8.77. The Kier molecular flexibility index (Phi) is 4.47. The average molecular weight is 418 g/mol. The van der Waals surface area contributed by atoms with Crippen molar-refractivity contribution in [3.8, 4) is 0 Å². The summed E-state index contributed by atoms with van der Waals surface area (Å²) in [5.41, 5.74) is 2.67. The van der Waals surface area contributed by atoms with Gasteiger partial charge in [-0.05, 0) is 18.6 Å². The van der Waals surface area contributed by atoms with Gasteiger partial charge in [0.25, 0.3) is 0 Å². The van der Waals surface area contributed by atoms with Crippen LogP contribution in [-0.4, -0.2) is 22.8 Å². The van der Waals surface area contributed by atoms with E-state index in [4.69, 9.17) is 23.2 Å². The second-order valence-corrected chi connectivity index (χ2v) is 7.52. The Hall–Kier alpha value is -1.04. The number of ketones is 1. The molecule has 1 aliphatic rings. The van der Waals surface area contributed by atoms with Gasteiger partial charge < -0.3 is 14.7 Å². The van der Waals surface area contributed by atoms with E-state index in [0.29, 0.717) is 23.0 Å². The van der Waals surface area contributed by atoms with E-state index < -0.39 is 0 Å². The predicted octanol–water partition coefficient (Wildman–Crippen LogP) is 3.98. The standard InChI is InChI=1S/C16H15BrCl2N2O2/c1-7(22)3-8-6-20-12(23)4-9-13-10(17)5-11(18)14(19)16(13)21(2)15(8)9/h5,8H,3-4,6H2,1-2H3,(H,20,23). The van der Waals surface area contributed by atoms with Crippen LogP contribution >= 0.6 is 39.1 Å². The number of nitrogens with one attached hydrogen (secondary N) is 1. The molecule has 1 unspecified atom stereocenters. The first-order chi connectivity index (χ1) is 10.8. The van der Waals surface area contributed by atoms with Gasteiger partial charge in [-0.1, -0.05) is 39.1 Å². The van der Waals surface area contributed by atoms with Crippen LogP contribution in [0.5, 0.6) is 0 Å². The van der Waals surface area contributed by atoms with Crippen molar-refractivity contribution in [1.29, 1.82) is 0 Å². The lowest BCUT2D eigenvalue weighted by Gasteiger charge is -2.16. The van der Waals surface area contributed by atoms with Crippen LogP contribution in [0, 0.1) is 0 Å². The maximum atomic E-state index is 12.1. The topological polar surface area (TPSA) is 51.1 Å². The molecular weight excluding hydrogens is 403 g/mol. The number of aryl methyl sites for hydroxylation is 1. The summed E-state index contributed by atoms with van der Waals surface area (Å²) >= 11 is 16.1. The third-order valence-corrected chi connectivity index (χ3v) is 5.66. The van der Waals surface area contributed by atoms with Gasteiger partial charge >= 0.3 is 0 Å². The molecule has 1 N–H and O–H groups in total. The van der Waals surface area contributed by atoms with Gasteiger partial charge in [0.05, 0.1) is 22.0 Å². The number of hydrogen-bond donors (Lipinski definition) is 1. The Balaban J connectivity index is 2.37. The van der Waals surface area contributed by atoms with Gasteiger partial charge in [0.2, 0.25) is 5.91 Å². The lowest BCUT2D eigenvalue weighted by Crippen LogP contribution is -2.27. The number of nitrogens with zero attached hydrogens (tertiary/aromatic N) is 1. The lowest BCUT2D eigenvalue weighted by atomic mass is 9.95. The molecule has 0 spiro atoms. The van der Waals surface area contributed by atoms with Crippen LogP contribution in [0.3, 0.4) is 0 Å². The average Bonchev–Trinajstić information content (AvgIpc) is 2.63. The molecule has 7 heteroatoms. The monoisotopic (exact) mass is 416 g/mol. The molecule has 0 bridgehead atoms. The normalized spacial score (nSPS) is 17.8. The van der Waals surface area contributed by atoms with Gasteiger partial charge in [0.1, 0.15) is 5.78 Å². The molecule has 1 aromatic heterocycles. The largest absolute Gasteiger partial charge is 0.355 e. The number of amides is 1. The highest BCUT2D eigenvalue weighted by molar-refractivity contribution is 9.10. The molecule has 0 radical (unpaired) electrons. The summed E-state index contributed by atoms with van der Waals surface area (Å²) in [6.45, 7) is 2.01. The Bertz CT molecular complexity index is 845. The summed E-state index contributed by atoms with van der Waals surface area (Å²) in [7, 11) is 1.90. The van der Waals surface area contributed by atoms with E-state index in [1.165, 1.54) is 0 Å². The van der Waals surface area contributed by atoms with Crippen LogP contribution in [0.4, 0.5) is 0 Å². The number of carbonyl (C=O) groups excluding carboxylic acids is 2. The van der Waals surface area contributed by atoms with Crippen molar-refractivity contribution in [2.75, 3.05) is 6.54 Å². The van der Waals surface area contributed by atoms with Gasteiger partial charge in [-0.15, -0.1) is 0 Å². The summed E-state index contributed by atoms with van der Waals surface area (Å²) in [4.78, 5) is 23.8. The van der Waals surface area contributed by atoms with Crippen molar-refractivity contribution in [3.63, 3.8) is 0 Å². The minimum Gasteiger partial charge on any atom is -0.355 e. The number of carbonyl (C=O) groups is 2. The Morgan fingerprint density at radius 3 is 2.83 bits per heavy atom. The molecule has 0 saturated heterocycles. The first kappa shape index (κ1) is 16.8. The number of aromatic nitrogens is 1. The van der Waals surface area contributed by atoms with E-state index in [0.717, 1.165) is 26.6 Å². The van der Waals surface area contributed by atoms with Gasteiger partial charge in [0.15, 0.2) is 0 Å². The minimum absolute atomic E-state index is 0.0530. The highest BCUT2D eigenvalue weighted by Gasteiger charge is 2.30. The van der Waals surface area contributed by atoms with Crippen LogP contribution in [0.2, 0.25) is 10.0 Å². The predicted molar refractivity (Wildman–Crippen MR) is 95.4 cm³/mol. The van der Waals surface area contributed by atoms with E-state index in [9.17, 15) is 9.59 Å². The third-order valence-electron chi connectivity index (χ3n) is 4.26. The minimum atomic E-state index is -0.0758. The number of Topliss-reactive ketones (excluding diaryl/α,β-unsaturated/α-hetero) is 1. The number of halogens is 3. The van der Waals surface area contributed by atoms with E-state index in [-0.39, 0.29) is 24.0 Å². The van der Waals surface area contributed by atoms with E-state index in [1.807, 2.05) is 11.6 Å².